The van der Waals surface area contributed by atoms with Crippen LogP contribution in [0, 0.1) is 12.8 Å². The van der Waals surface area contributed by atoms with Crippen molar-refractivity contribution < 1.29 is 18.3 Å². The molecule has 1 N–H and O–H groups in total. The maximum atomic E-state index is 12.6. The molecule has 1 unspecified atom stereocenters. The highest BCUT2D eigenvalue weighted by Gasteiger charge is 2.30. The van der Waals surface area contributed by atoms with E-state index in [9.17, 15) is 13.2 Å². The predicted molar refractivity (Wildman–Crippen MR) is 77.8 cm³/mol. The third kappa shape index (κ3) is 3.05. The van der Waals surface area contributed by atoms with Gasteiger partial charge in [-0.2, -0.15) is 4.31 Å². The number of carbonyl (C=O) groups is 1. The number of sulfonamides is 1. The average Bonchev–Trinajstić information content (AvgIpc) is 2.62. The number of aromatic carboxylic acids is 1. The van der Waals surface area contributed by atoms with E-state index in [1.807, 2.05) is 0 Å². The van der Waals surface area contributed by atoms with Crippen molar-refractivity contribution in [2.75, 3.05) is 13.1 Å². The minimum atomic E-state index is -3.57. The molecule has 1 saturated heterocycles. The Morgan fingerprint density at radius 3 is 2.70 bits per heavy atom. The zero-order chi connectivity index (χ0) is 14.9. The van der Waals surface area contributed by atoms with E-state index in [0.717, 1.165) is 30.6 Å². The van der Waals surface area contributed by atoms with Crippen molar-refractivity contribution in [3.63, 3.8) is 0 Å². The summed E-state index contributed by atoms with van der Waals surface area (Å²) in [5.74, 6) is -0.544. The maximum absolute atomic E-state index is 12.6. The Hall–Kier alpha value is -0.920. The van der Waals surface area contributed by atoms with E-state index >= 15 is 0 Å². The van der Waals surface area contributed by atoms with Crippen LogP contribution in [0.25, 0.3) is 0 Å². The third-order valence-corrected chi connectivity index (χ3v) is 6.87. The number of hydrogen-bond acceptors (Lipinski definition) is 4. The van der Waals surface area contributed by atoms with Gasteiger partial charge in [-0.3, -0.25) is 0 Å². The van der Waals surface area contributed by atoms with Gasteiger partial charge in [0.2, 0.25) is 10.0 Å². The Labute approximate surface area is 123 Å². The summed E-state index contributed by atoms with van der Waals surface area (Å²) in [5, 5.41) is 8.98. The number of nitrogens with zero attached hydrogens (tertiary/aromatic N) is 1. The molecule has 1 atom stereocenters. The molecule has 1 aromatic heterocycles. The maximum Gasteiger partial charge on any atom is 0.345 e. The predicted octanol–water partition coefficient (Wildman–Crippen LogP) is 2.57. The van der Waals surface area contributed by atoms with Crippen molar-refractivity contribution in [1.29, 1.82) is 0 Å². The second kappa shape index (κ2) is 5.83. The lowest BCUT2D eigenvalue weighted by atomic mass is 10.0. The number of rotatable bonds is 3. The average molecular weight is 317 g/mol. The van der Waals surface area contributed by atoms with Crippen LogP contribution in [0.5, 0.6) is 0 Å². The first-order valence-electron chi connectivity index (χ1n) is 6.66. The minimum Gasteiger partial charge on any atom is -0.477 e. The van der Waals surface area contributed by atoms with Crippen LogP contribution in [0.3, 0.4) is 0 Å². The smallest absolute Gasteiger partial charge is 0.345 e. The topological polar surface area (TPSA) is 74.7 Å². The molecule has 5 nitrogen and oxygen atoms in total. The molecular formula is C13H19NO4S2. The van der Waals surface area contributed by atoms with Gasteiger partial charge in [-0.15, -0.1) is 11.3 Å². The van der Waals surface area contributed by atoms with Crippen LogP contribution in [0.15, 0.2) is 11.0 Å². The highest BCUT2D eigenvalue weighted by molar-refractivity contribution is 7.89. The van der Waals surface area contributed by atoms with Gasteiger partial charge in [-0.1, -0.05) is 6.92 Å². The second-order valence-corrected chi connectivity index (χ2v) is 8.44. The fraction of sp³-hybridized carbons (Fsp3) is 0.615. The lowest BCUT2D eigenvalue weighted by molar-refractivity contribution is 0.0702. The molecule has 1 aliphatic rings. The summed E-state index contributed by atoms with van der Waals surface area (Å²) in [7, 11) is -3.57. The SMILES string of the molecule is Cc1sc(C(=O)O)cc1S(=O)(=O)N1CCCC(C)CC1. The van der Waals surface area contributed by atoms with Gasteiger partial charge < -0.3 is 5.11 Å². The lowest BCUT2D eigenvalue weighted by Gasteiger charge is -2.19. The van der Waals surface area contributed by atoms with Gasteiger partial charge in [0.15, 0.2) is 0 Å². The molecule has 0 saturated carbocycles. The van der Waals surface area contributed by atoms with Crippen molar-refractivity contribution in [2.45, 2.75) is 38.0 Å². The molecule has 20 heavy (non-hydrogen) atoms. The van der Waals surface area contributed by atoms with E-state index in [-0.39, 0.29) is 9.77 Å². The van der Waals surface area contributed by atoms with E-state index in [1.54, 1.807) is 6.92 Å². The monoisotopic (exact) mass is 317 g/mol. The van der Waals surface area contributed by atoms with Crippen molar-refractivity contribution in [2.24, 2.45) is 5.92 Å². The molecule has 0 aliphatic carbocycles. The Morgan fingerprint density at radius 1 is 1.40 bits per heavy atom. The molecule has 0 aromatic carbocycles. The van der Waals surface area contributed by atoms with Crippen LogP contribution in [-0.2, 0) is 10.0 Å². The van der Waals surface area contributed by atoms with Gasteiger partial charge in [0.25, 0.3) is 0 Å². The van der Waals surface area contributed by atoms with Gasteiger partial charge in [-0.05, 0) is 38.2 Å². The fourth-order valence-electron chi connectivity index (χ4n) is 2.44. The standard InChI is InChI=1S/C13H19NO4S2/c1-9-4-3-6-14(7-5-9)20(17,18)12-8-11(13(15)16)19-10(12)2/h8-9H,3-7H2,1-2H3,(H,15,16). The van der Waals surface area contributed by atoms with Gasteiger partial charge in [0, 0.05) is 18.0 Å². The molecule has 0 bridgehead atoms. The van der Waals surface area contributed by atoms with Crippen LogP contribution in [-0.4, -0.2) is 36.9 Å². The number of carboxylic acid groups (broad SMARTS) is 1. The molecule has 0 spiro atoms. The summed E-state index contributed by atoms with van der Waals surface area (Å²) in [4.78, 5) is 11.7. The van der Waals surface area contributed by atoms with E-state index < -0.39 is 16.0 Å². The number of thiophene rings is 1. The first kappa shape index (κ1) is 15.5. The molecule has 2 rings (SSSR count). The molecule has 1 fully saturated rings. The number of hydrogen-bond donors (Lipinski definition) is 1. The molecule has 1 aromatic rings. The van der Waals surface area contributed by atoms with Crippen LogP contribution < -0.4 is 0 Å². The van der Waals surface area contributed by atoms with Crippen LogP contribution in [0.4, 0.5) is 0 Å². The van der Waals surface area contributed by atoms with Crippen molar-refractivity contribution in [3.8, 4) is 0 Å². The van der Waals surface area contributed by atoms with Gasteiger partial charge in [-0.25, -0.2) is 13.2 Å². The summed E-state index contributed by atoms with van der Waals surface area (Å²) >= 11 is 1.01. The summed E-state index contributed by atoms with van der Waals surface area (Å²) in [6.45, 7) is 4.82. The van der Waals surface area contributed by atoms with Gasteiger partial charge in [0.1, 0.15) is 4.88 Å². The van der Waals surface area contributed by atoms with Crippen molar-refractivity contribution in [1.82, 2.24) is 4.31 Å². The normalized spacial score (nSPS) is 21.6. The van der Waals surface area contributed by atoms with E-state index in [0.29, 0.717) is 23.9 Å². The van der Waals surface area contributed by atoms with Crippen molar-refractivity contribution in [3.05, 3.63) is 15.8 Å². The Balaban J connectivity index is 2.32. The zero-order valence-corrected chi connectivity index (χ0v) is 13.3. The number of aryl methyl sites for hydroxylation is 1. The second-order valence-electron chi connectivity index (χ2n) is 5.28. The highest BCUT2D eigenvalue weighted by atomic mass is 32.2. The Bertz CT molecular complexity index is 606. The Kier molecular flexibility index (Phi) is 4.51. The zero-order valence-electron chi connectivity index (χ0n) is 11.6. The fourth-order valence-corrected chi connectivity index (χ4v) is 5.34. The lowest BCUT2D eigenvalue weighted by Crippen LogP contribution is -2.32. The summed E-state index contributed by atoms with van der Waals surface area (Å²) < 4.78 is 26.8. The molecular weight excluding hydrogens is 298 g/mol. The molecule has 1 aliphatic heterocycles. The van der Waals surface area contributed by atoms with Crippen LogP contribution in [0.1, 0.15) is 40.7 Å². The van der Waals surface area contributed by atoms with Crippen LogP contribution >= 0.6 is 11.3 Å². The van der Waals surface area contributed by atoms with Gasteiger partial charge in [0.05, 0.1) is 4.90 Å². The van der Waals surface area contributed by atoms with Gasteiger partial charge >= 0.3 is 5.97 Å². The first-order chi connectivity index (χ1) is 9.32. The Morgan fingerprint density at radius 2 is 2.10 bits per heavy atom. The summed E-state index contributed by atoms with van der Waals surface area (Å²) in [6.07, 6.45) is 2.75. The molecule has 7 heteroatoms. The minimum absolute atomic E-state index is 0.0734. The highest BCUT2D eigenvalue weighted by Crippen LogP contribution is 2.30. The molecule has 0 radical (unpaired) electrons. The first-order valence-corrected chi connectivity index (χ1v) is 8.92. The van der Waals surface area contributed by atoms with E-state index in [2.05, 4.69) is 6.92 Å². The molecule has 0 amide bonds. The third-order valence-electron chi connectivity index (χ3n) is 3.68. The van der Waals surface area contributed by atoms with E-state index in [1.165, 1.54) is 10.4 Å². The van der Waals surface area contributed by atoms with Crippen molar-refractivity contribution >= 4 is 27.3 Å². The summed E-state index contributed by atoms with van der Waals surface area (Å²) in [6, 6.07) is 1.28. The molecule has 112 valence electrons. The van der Waals surface area contributed by atoms with Crippen LogP contribution in [0.2, 0.25) is 0 Å². The van der Waals surface area contributed by atoms with E-state index in [4.69, 9.17) is 5.11 Å². The summed E-state index contributed by atoms with van der Waals surface area (Å²) in [5.41, 5.74) is 0. The molecule has 2 heterocycles. The largest absolute Gasteiger partial charge is 0.477 e. The quantitative estimate of drug-likeness (QED) is 0.929. The number of carboxylic acids is 1.